The molecule has 0 unspecified atom stereocenters. The SMILES string of the molecule is CCOC(=O)c1sc2nc(SC)nc(-c3ccccn3)c2c1N. The summed E-state index contributed by atoms with van der Waals surface area (Å²) in [5.41, 5.74) is 7.86. The van der Waals surface area contributed by atoms with E-state index in [1.54, 1.807) is 13.1 Å². The molecule has 0 saturated carbocycles. The van der Waals surface area contributed by atoms with Crippen molar-refractivity contribution in [2.24, 2.45) is 0 Å². The molecule has 3 heterocycles. The van der Waals surface area contributed by atoms with Crippen molar-refractivity contribution in [3.63, 3.8) is 0 Å². The number of carbonyl (C=O) groups excluding carboxylic acids is 1. The maximum atomic E-state index is 12.1. The Labute approximate surface area is 141 Å². The summed E-state index contributed by atoms with van der Waals surface area (Å²) in [6.45, 7) is 2.05. The maximum absolute atomic E-state index is 12.1. The van der Waals surface area contributed by atoms with Gasteiger partial charge in [0.25, 0.3) is 0 Å². The van der Waals surface area contributed by atoms with Gasteiger partial charge in [0.2, 0.25) is 0 Å². The number of anilines is 1. The first-order chi connectivity index (χ1) is 11.2. The Hall–Kier alpha value is -2.19. The van der Waals surface area contributed by atoms with E-state index in [0.717, 1.165) is 0 Å². The molecule has 0 atom stereocenters. The van der Waals surface area contributed by atoms with E-state index in [9.17, 15) is 4.79 Å². The standard InChI is InChI=1S/C15H14N4O2S2/c1-3-21-14(20)12-10(16)9-11(8-6-4-5-7-17-8)18-15(22-2)19-13(9)23-12/h4-7H,3,16H2,1-2H3. The van der Waals surface area contributed by atoms with Gasteiger partial charge in [0.15, 0.2) is 5.16 Å². The first kappa shape index (κ1) is 15.7. The summed E-state index contributed by atoms with van der Waals surface area (Å²) in [5.74, 6) is -0.439. The zero-order valence-corrected chi connectivity index (χ0v) is 14.2. The number of rotatable bonds is 4. The zero-order valence-electron chi connectivity index (χ0n) is 12.6. The Morgan fingerprint density at radius 2 is 2.22 bits per heavy atom. The second kappa shape index (κ2) is 6.51. The lowest BCUT2D eigenvalue weighted by molar-refractivity contribution is 0.0533. The van der Waals surface area contributed by atoms with Crippen molar-refractivity contribution in [2.45, 2.75) is 12.1 Å². The lowest BCUT2D eigenvalue weighted by Crippen LogP contribution is -2.05. The Balaban J connectivity index is 2.28. The molecule has 0 aromatic carbocycles. The number of nitrogen functional groups attached to an aromatic ring is 1. The van der Waals surface area contributed by atoms with Crippen LogP contribution < -0.4 is 5.73 Å². The lowest BCUT2D eigenvalue weighted by Gasteiger charge is -2.05. The van der Waals surface area contributed by atoms with Gasteiger partial charge in [-0.2, -0.15) is 0 Å². The molecule has 3 aromatic rings. The van der Waals surface area contributed by atoms with Crippen molar-refractivity contribution in [2.75, 3.05) is 18.6 Å². The van der Waals surface area contributed by atoms with Crippen molar-refractivity contribution >= 4 is 45.0 Å². The predicted molar refractivity (Wildman–Crippen MR) is 92.8 cm³/mol. The number of nitrogens with two attached hydrogens (primary N) is 1. The molecular weight excluding hydrogens is 332 g/mol. The molecule has 3 aromatic heterocycles. The molecule has 0 fully saturated rings. The second-order valence-electron chi connectivity index (χ2n) is 4.52. The minimum Gasteiger partial charge on any atom is -0.462 e. The summed E-state index contributed by atoms with van der Waals surface area (Å²) in [7, 11) is 0. The third kappa shape index (κ3) is 2.87. The van der Waals surface area contributed by atoms with Crippen LogP contribution in [0.5, 0.6) is 0 Å². The number of hydrogen-bond acceptors (Lipinski definition) is 8. The van der Waals surface area contributed by atoms with Crippen LogP contribution in [0.25, 0.3) is 21.6 Å². The number of aromatic nitrogens is 3. The fourth-order valence-electron chi connectivity index (χ4n) is 2.13. The van der Waals surface area contributed by atoms with E-state index in [1.807, 2.05) is 24.5 Å². The van der Waals surface area contributed by atoms with Gasteiger partial charge in [0.05, 0.1) is 23.4 Å². The van der Waals surface area contributed by atoms with Crippen molar-refractivity contribution in [3.05, 3.63) is 29.3 Å². The van der Waals surface area contributed by atoms with Gasteiger partial charge in [-0.05, 0) is 25.3 Å². The summed E-state index contributed by atoms with van der Waals surface area (Å²) >= 11 is 2.64. The molecule has 0 spiro atoms. The number of nitrogens with zero attached hydrogens (tertiary/aromatic N) is 3. The van der Waals surface area contributed by atoms with Crippen molar-refractivity contribution < 1.29 is 9.53 Å². The largest absolute Gasteiger partial charge is 0.462 e. The van der Waals surface area contributed by atoms with Crippen LogP contribution in [0.15, 0.2) is 29.6 Å². The van der Waals surface area contributed by atoms with E-state index in [0.29, 0.717) is 43.9 Å². The number of carbonyl (C=O) groups is 1. The molecule has 0 amide bonds. The van der Waals surface area contributed by atoms with E-state index in [1.165, 1.54) is 23.1 Å². The highest BCUT2D eigenvalue weighted by atomic mass is 32.2. The molecule has 0 aliphatic rings. The molecule has 23 heavy (non-hydrogen) atoms. The van der Waals surface area contributed by atoms with Gasteiger partial charge in [-0.3, -0.25) is 4.98 Å². The molecule has 0 aliphatic heterocycles. The average molecular weight is 346 g/mol. The van der Waals surface area contributed by atoms with Crippen LogP contribution in [-0.4, -0.2) is 33.8 Å². The smallest absolute Gasteiger partial charge is 0.350 e. The normalized spacial score (nSPS) is 10.9. The first-order valence-electron chi connectivity index (χ1n) is 6.88. The van der Waals surface area contributed by atoms with Gasteiger partial charge in [0, 0.05) is 6.20 Å². The van der Waals surface area contributed by atoms with Crippen LogP contribution in [0.1, 0.15) is 16.6 Å². The number of esters is 1. The van der Waals surface area contributed by atoms with Crippen LogP contribution >= 0.6 is 23.1 Å². The average Bonchev–Trinajstić information content (AvgIpc) is 2.92. The van der Waals surface area contributed by atoms with Crippen molar-refractivity contribution in [3.8, 4) is 11.4 Å². The number of thiophene rings is 1. The number of hydrogen-bond donors (Lipinski definition) is 1. The number of pyridine rings is 1. The van der Waals surface area contributed by atoms with Gasteiger partial charge in [0.1, 0.15) is 15.4 Å². The summed E-state index contributed by atoms with van der Waals surface area (Å²) in [5, 5.41) is 1.25. The van der Waals surface area contributed by atoms with E-state index in [-0.39, 0.29) is 0 Å². The zero-order chi connectivity index (χ0) is 16.4. The van der Waals surface area contributed by atoms with Gasteiger partial charge in [-0.1, -0.05) is 17.8 Å². The molecule has 0 bridgehead atoms. The monoisotopic (exact) mass is 346 g/mol. The highest BCUT2D eigenvalue weighted by Gasteiger charge is 2.23. The van der Waals surface area contributed by atoms with Crippen LogP contribution in [0.3, 0.4) is 0 Å². The van der Waals surface area contributed by atoms with Crippen molar-refractivity contribution in [1.29, 1.82) is 0 Å². The Morgan fingerprint density at radius 1 is 1.39 bits per heavy atom. The number of fused-ring (bicyclic) bond motifs is 1. The molecule has 6 nitrogen and oxygen atoms in total. The third-order valence-electron chi connectivity index (χ3n) is 3.12. The Kier molecular flexibility index (Phi) is 4.44. The molecule has 0 radical (unpaired) electrons. The Bertz CT molecular complexity index is 865. The lowest BCUT2D eigenvalue weighted by atomic mass is 10.1. The molecule has 118 valence electrons. The first-order valence-corrected chi connectivity index (χ1v) is 8.92. The van der Waals surface area contributed by atoms with Gasteiger partial charge in [-0.25, -0.2) is 14.8 Å². The summed E-state index contributed by atoms with van der Waals surface area (Å²) in [6.07, 6.45) is 3.59. The highest BCUT2D eigenvalue weighted by molar-refractivity contribution is 7.98. The van der Waals surface area contributed by atoms with Gasteiger partial charge >= 0.3 is 5.97 Å². The van der Waals surface area contributed by atoms with Crippen LogP contribution in [0.4, 0.5) is 5.69 Å². The topological polar surface area (TPSA) is 91.0 Å². The van der Waals surface area contributed by atoms with Gasteiger partial charge in [-0.15, -0.1) is 11.3 Å². The fourth-order valence-corrected chi connectivity index (χ4v) is 3.54. The minimum absolute atomic E-state index is 0.293. The van der Waals surface area contributed by atoms with Crippen LogP contribution in [0, 0.1) is 0 Å². The molecule has 3 rings (SSSR count). The third-order valence-corrected chi connectivity index (χ3v) is 4.75. The fraction of sp³-hybridized carbons (Fsp3) is 0.200. The number of thioether (sulfide) groups is 1. The van der Waals surface area contributed by atoms with Gasteiger partial charge < -0.3 is 10.5 Å². The molecule has 0 saturated heterocycles. The van der Waals surface area contributed by atoms with Crippen LogP contribution in [0.2, 0.25) is 0 Å². The Morgan fingerprint density at radius 3 is 2.87 bits per heavy atom. The highest BCUT2D eigenvalue weighted by Crippen LogP contribution is 2.39. The van der Waals surface area contributed by atoms with Crippen molar-refractivity contribution in [1.82, 2.24) is 15.0 Å². The van der Waals surface area contributed by atoms with E-state index >= 15 is 0 Å². The second-order valence-corrected chi connectivity index (χ2v) is 6.29. The summed E-state index contributed by atoms with van der Waals surface area (Å²) in [4.78, 5) is 26.4. The van der Waals surface area contributed by atoms with E-state index in [4.69, 9.17) is 10.5 Å². The molecule has 0 aliphatic carbocycles. The van der Waals surface area contributed by atoms with E-state index < -0.39 is 5.97 Å². The molecule has 2 N–H and O–H groups in total. The molecular formula is C15H14N4O2S2. The quantitative estimate of drug-likeness (QED) is 0.440. The predicted octanol–water partition coefficient (Wildman–Crippen LogP) is 3.23. The molecule has 8 heteroatoms. The minimum atomic E-state index is -0.439. The van der Waals surface area contributed by atoms with E-state index in [2.05, 4.69) is 15.0 Å². The summed E-state index contributed by atoms with van der Waals surface area (Å²) < 4.78 is 5.06. The summed E-state index contributed by atoms with van der Waals surface area (Å²) in [6, 6.07) is 5.56. The van der Waals surface area contributed by atoms with Crippen LogP contribution in [-0.2, 0) is 4.74 Å². The maximum Gasteiger partial charge on any atom is 0.350 e. The number of ether oxygens (including phenoxy) is 1.